The van der Waals surface area contributed by atoms with Crippen LogP contribution in [0.15, 0.2) is 36.4 Å². The van der Waals surface area contributed by atoms with Crippen molar-refractivity contribution in [2.24, 2.45) is 0 Å². The molecule has 0 aromatic heterocycles. The lowest BCUT2D eigenvalue weighted by Crippen LogP contribution is -2.46. The molecule has 9 heteroatoms. The van der Waals surface area contributed by atoms with Gasteiger partial charge in [0.15, 0.2) is 18.1 Å². The number of benzene rings is 2. The van der Waals surface area contributed by atoms with Gasteiger partial charge in [0.1, 0.15) is 5.56 Å². The van der Waals surface area contributed by atoms with E-state index in [-0.39, 0.29) is 17.1 Å². The Balaban J connectivity index is 1.55. The Morgan fingerprint density at radius 2 is 1.55 bits per heavy atom. The molecule has 9 nitrogen and oxygen atoms in total. The van der Waals surface area contributed by atoms with E-state index in [2.05, 4.69) is 22.0 Å². The zero-order chi connectivity index (χ0) is 23.8. The molecule has 2 aromatic rings. The number of piperazine rings is 1. The van der Waals surface area contributed by atoms with Crippen molar-refractivity contribution in [2.75, 3.05) is 70.9 Å². The van der Waals surface area contributed by atoms with Gasteiger partial charge in [0.05, 0.1) is 21.3 Å². The molecule has 0 atom stereocenters. The summed E-state index contributed by atoms with van der Waals surface area (Å²) in [4.78, 5) is 29.6. The van der Waals surface area contributed by atoms with Gasteiger partial charge in [0.2, 0.25) is 5.75 Å². The zero-order valence-electron chi connectivity index (χ0n) is 19.6. The average molecular weight is 458 g/mol. The second-order valence-electron chi connectivity index (χ2n) is 7.47. The maximum atomic E-state index is 12.5. The molecule has 2 aromatic carbocycles. The van der Waals surface area contributed by atoms with Gasteiger partial charge in [-0.15, -0.1) is 0 Å². The molecule has 0 bridgehead atoms. The first kappa shape index (κ1) is 24.2. The highest BCUT2D eigenvalue weighted by atomic mass is 16.5. The summed E-state index contributed by atoms with van der Waals surface area (Å²) < 4.78 is 21.0. The number of nitrogens with one attached hydrogen (secondary N) is 1. The monoisotopic (exact) mass is 457 g/mol. The van der Waals surface area contributed by atoms with Gasteiger partial charge in [0, 0.05) is 37.6 Å². The Hall–Kier alpha value is -3.46. The van der Waals surface area contributed by atoms with Crippen molar-refractivity contribution in [1.82, 2.24) is 4.90 Å². The number of anilines is 2. The third-order valence-corrected chi connectivity index (χ3v) is 5.59. The number of rotatable bonds is 9. The van der Waals surface area contributed by atoms with Crippen molar-refractivity contribution >= 4 is 23.3 Å². The van der Waals surface area contributed by atoms with Gasteiger partial charge >= 0.3 is 5.97 Å². The Kier molecular flexibility index (Phi) is 8.37. The van der Waals surface area contributed by atoms with Crippen LogP contribution >= 0.6 is 0 Å². The number of esters is 1. The molecule has 0 saturated carbocycles. The maximum absolute atomic E-state index is 12.5. The molecule has 0 radical (unpaired) electrons. The van der Waals surface area contributed by atoms with Crippen molar-refractivity contribution < 1.29 is 28.5 Å². The summed E-state index contributed by atoms with van der Waals surface area (Å²) in [5.74, 6) is -0.274. The second kappa shape index (κ2) is 11.4. The fraction of sp³-hybridized carbons (Fsp3) is 0.417. The van der Waals surface area contributed by atoms with Crippen molar-refractivity contribution in [3.05, 3.63) is 42.0 Å². The minimum atomic E-state index is -0.704. The van der Waals surface area contributed by atoms with Gasteiger partial charge < -0.3 is 34.1 Å². The first-order chi connectivity index (χ1) is 16.0. The summed E-state index contributed by atoms with van der Waals surface area (Å²) >= 11 is 0. The zero-order valence-corrected chi connectivity index (χ0v) is 19.6. The van der Waals surface area contributed by atoms with Crippen LogP contribution in [0.3, 0.4) is 0 Å². The van der Waals surface area contributed by atoms with Gasteiger partial charge in [0.25, 0.3) is 5.91 Å². The summed E-state index contributed by atoms with van der Waals surface area (Å²) in [7, 11) is 4.34. The Morgan fingerprint density at radius 1 is 0.879 bits per heavy atom. The smallest absolute Gasteiger partial charge is 0.342 e. The number of methoxy groups -OCH3 is 3. The van der Waals surface area contributed by atoms with Crippen LogP contribution in [0.25, 0.3) is 0 Å². The number of hydrogen-bond donors (Lipinski definition) is 1. The molecule has 0 spiro atoms. The molecule has 0 unspecified atom stereocenters. The van der Waals surface area contributed by atoms with E-state index in [1.54, 1.807) is 6.07 Å². The molecule has 1 N–H and O–H groups in total. The van der Waals surface area contributed by atoms with Crippen LogP contribution in [0, 0.1) is 0 Å². The summed E-state index contributed by atoms with van der Waals surface area (Å²) in [5, 5.41) is 2.75. The first-order valence-electron chi connectivity index (χ1n) is 10.8. The maximum Gasteiger partial charge on any atom is 0.342 e. The van der Waals surface area contributed by atoms with E-state index in [0.717, 1.165) is 38.4 Å². The van der Waals surface area contributed by atoms with Crippen LogP contribution in [-0.2, 0) is 9.53 Å². The van der Waals surface area contributed by atoms with E-state index in [1.165, 1.54) is 27.4 Å². The van der Waals surface area contributed by atoms with Crippen molar-refractivity contribution in [3.63, 3.8) is 0 Å². The Bertz CT molecular complexity index is 955. The number of nitrogens with zero attached hydrogens (tertiary/aromatic N) is 2. The number of carbonyl (C=O) groups excluding carboxylic acids is 2. The van der Waals surface area contributed by atoms with Gasteiger partial charge in [-0.2, -0.15) is 0 Å². The topological polar surface area (TPSA) is 89.6 Å². The van der Waals surface area contributed by atoms with E-state index < -0.39 is 18.5 Å². The Labute approximate surface area is 194 Å². The number of carbonyl (C=O) groups is 2. The third kappa shape index (κ3) is 5.87. The third-order valence-electron chi connectivity index (χ3n) is 5.59. The molecule has 33 heavy (non-hydrogen) atoms. The molecule has 1 fully saturated rings. The molecular weight excluding hydrogens is 426 g/mol. The molecule has 1 amide bonds. The average Bonchev–Trinajstić information content (AvgIpc) is 2.86. The highest BCUT2D eigenvalue weighted by Crippen LogP contribution is 2.39. The van der Waals surface area contributed by atoms with Crippen LogP contribution in [0.4, 0.5) is 11.4 Å². The summed E-state index contributed by atoms with van der Waals surface area (Å²) in [6, 6.07) is 10.7. The van der Waals surface area contributed by atoms with Crippen molar-refractivity contribution in [3.8, 4) is 17.2 Å². The van der Waals surface area contributed by atoms with Gasteiger partial charge in [-0.05, 0) is 42.9 Å². The largest absolute Gasteiger partial charge is 0.493 e. The van der Waals surface area contributed by atoms with E-state index in [4.69, 9.17) is 18.9 Å². The predicted octanol–water partition coefficient (Wildman–Crippen LogP) is 2.65. The fourth-order valence-electron chi connectivity index (χ4n) is 3.75. The van der Waals surface area contributed by atoms with Crippen LogP contribution < -0.4 is 24.4 Å². The lowest BCUT2D eigenvalue weighted by Gasteiger charge is -2.35. The van der Waals surface area contributed by atoms with Crippen LogP contribution in [-0.4, -0.2) is 77.4 Å². The molecular formula is C24H31N3O6. The van der Waals surface area contributed by atoms with E-state index >= 15 is 0 Å². The number of likely N-dealkylation sites (N-methyl/N-ethyl adjacent to an activating group) is 1. The molecule has 3 rings (SSSR count). The number of ether oxygens (including phenoxy) is 4. The quantitative estimate of drug-likeness (QED) is 0.575. The fourth-order valence-corrected chi connectivity index (χ4v) is 3.75. The number of amides is 1. The van der Waals surface area contributed by atoms with Crippen LogP contribution in [0.2, 0.25) is 0 Å². The van der Waals surface area contributed by atoms with E-state index in [9.17, 15) is 9.59 Å². The van der Waals surface area contributed by atoms with E-state index in [0.29, 0.717) is 11.4 Å². The standard InChI is InChI=1S/C24H31N3O6/c1-5-26-12-14-27(15-13-26)18-8-6-17(7-9-18)25-21(28)16-33-24(29)19-10-11-20(30-2)23(32-4)22(19)31-3/h6-11H,5,12-16H2,1-4H3,(H,25,28). The molecule has 1 aliphatic heterocycles. The first-order valence-corrected chi connectivity index (χ1v) is 10.8. The Morgan fingerprint density at radius 3 is 2.12 bits per heavy atom. The van der Waals surface area contributed by atoms with Crippen molar-refractivity contribution in [1.29, 1.82) is 0 Å². The molecule has 178 valence electrons. The highest BCUT2D eigenvalue weighted by Gasteiger charge is 2.22. The number of hydrogen-bond acceptors (Lipinski definition) is 8. The molecule has 1 heterocycles. The summed E-state index contributed by atoms with van der Waals surface area (Å²) in [6.07, 6.45) is 0. The van der Waals surface area contributed by atoms with Crippen LogP contribution in [0.1, 0.15) is 17.3 Å². The van der Waals surface area contributed by atoms with E-state index in [1.807, 2.05) is 24.3 Å². The van der Waals surface area contributed by atoms with Gasteiger partial charge in [-0.3, -0.25) is 4.79 Å². The SMILES string of the molecule is CCN1CCN(c2ccc(NC(=O)COC(=O)c3ccc(OC)c(OC)c3OC)cc2)CC1. The molecule has 1 aliphatic rings. The second-order valence-corrected chi connectivity index (χ2v) is 7.47. The minimum absolute atomic E-state index is 0.135. The normalized spacial score (nSPS) is 13.9. The molecule has 1 saturated heterocycles. The molecule has 0 aliphatic carbocycles. The lowest BCUT2D eigenvalue weighted by atomic mass is 10.1. The predicted molar refractivity (Wildman–Crippen MR) is 126 cm³/mol. The highest BCUT2D eigenvalue weighted by molar-refractivity contribution is 5.97. The van der Waals surface area contributed by atoms with Gasteiger partial charge in [-0.25, -0.2) is 4.79 Å². The summed E-state index contributed by atoms with van der Waals surface area (Å²) in [5.41, 5.74) is 1.89. The summed E-state index contributed by atoms with van der Waals surface area (Å²) in [6.45, 7) is 6.87. The minimum Gasteiger partial charge on any atom is -0.493 e. The van der Waals surface area contributed by atoms with Crippen LogP contribution in [0.5, 0.6) is 17.2 Å². The van der Waals surface area contributed by atoms with Gasteiger partial charge in [-0.1, -0.05) is 6.92 Å². The lowest BCUT2D eigenvalue weighted by molar-refractivity contribution is -0.119. The van der Waals surface area contributed by atoms with Crippen molar-refractivity contribution in [2.45, 2.75) is 6.92 Å².